The largest absolute Gasteiger partial charge is 0.367 e. The van der Waals surface area contributed by atoms with Gasteiger partial charge in [-0.15, -0.1) is 0 Å². The average Bonchev–Trinajstić information content (AvgIpc) is 2.99. The second-order valence-electron chi connectivity index (χ2n) is 6.27. The summed E-state index contributed by atoms with van der Waals surface area (Å²) in [6, 6.07) is 21.0. The van der Waals surface area contributed by atoms with Crippen LogP contribution in [-0.2, 0) is 4.74 Å². The summed E-state index contributed by atoms with van der Waals surface area (Å²) in [5, 5.41) is 0. The van der Waals surface area contributed by atoms with Crippen LogP contribution in [0.1, 0.15) is 30.6 Å². The van der Waals surface area contributed by atoms with Gasteiger partial charge < -0.3 is 9.64 Å². The molecule has 1 saturated heterocycles. The van der Waals surface area contributed by atoms with Crippen LogP contribution in [0.4, 0.5) is 0 Å². The molecule has 0 bridgehead atoms. The molecule has 1 atom stereocenters. The first-order valence-electron chi connectivity index (χ1n) is 8.27. The number of nitrogens with zero attached hydrogens (tertiary/aromatic N) is 1. The van der Waals surface area contributed by atoms with E-state index in [0.717, 1.165) is 19.1 Å². The Labute approximate surface area is 133 Å². The van der Waals surface area contributed by atoms with E-state index in [1.54, 1.807) is 0 Å². The Balaban J connectivity index is 1.64. The van der Waals surface area contributed by atoms with E-state index in [1.165, 1.54) is 30.6 Å². The number of rotatable bonds is 6. The second kappa shape index (κ2) is 7.57. The van der Waals surface area contributed by atoms with Crippen LogP contribution in [0.5, 0.6) is 0 Å². The Morgan fingerprint density at radius 3 is 2.09 bits per heavy atom. The van der Waals surface area contributed by atoms with Crippen molar-refractivity contribution in [2.75, 3.05) is 26.2 Å². The molecule has 0 radical (unpaired) electrons. The van der Waals surface area contributed by atoms with E-state index in [0.29, 0.717) is 0 Å². The van der Waals surface area contributed by atoms with Gasteiger partial charge in [-0.1, -0.05) is 67.6 Å². The van der Waals surface area contributed by atoms with Crippen molar-refractivity contribution in [3.8, 4) is 0 Å². The van der Waals surface area contributed by atoms with E-state index in [-0.39, 0.29) is 6.10 Å². The number of hydrogen-bond donors (Lipinski definition) is 0. The van der Waals surface area contributed by atoms with Crippen LogP contribution in [0.25, 0.3) is 0 Å². The summed E-state index contributed by atoms with van der Waals surface area (Å²) in [4.78, 5) is 2.51. The third-order valence-corrected chi connectivity index (χ3v) is 4.40. The summed E-state index contributed by atoms with van der Waals surface area (Å²) in [5.41, 5.74) is 2.45. The zero-order valence-corrected chi connectivity index (χ0v) is 13.3. The summed E-state index contributed by atoms with van der Waals surface area (Å²) < 4.78 is 6.27. The number of likely N-dealkylation sites (tertiary alicyclic amines) is 1. The molecule has 22 heavy (non-hydrogen) atoms. The minimum absolute atomic E-state index is 0.0300. The molecule has 0 aromatic heterocycles. The molecule has 0 amide bonds. The van der Waals surface area contributed by atoms with E-state index in [1.807, 2.05) is 0 Å². The molecule has 1 heterocycles. The lowest BCUT2D eigenvalue weighted by Crippen LogP contribution is -2.25. The minimum atomic E-state index is 0.0300. The molecule has 0 N–H and O–H groups in total. The van der Waals surface area contributed by atoms with Crippen LogP contribution < -0.4 is 0 Å². The first-order chi connectivity index (χ1) is 10.8. The van der Waals surface area contributed by atoms with E-state index in [9.17, 15) is 0 Å². The van der Waals surface area contributed by atoms with Crippen molar-refractivity contribution in [2.45, 2.75) is 19.4 Å². The van der Waals surface area contributed by atoms with Crippen molar-refractivity contribution >= 4 is 0 Å². The van der Waals surface area contributed by atoms with Crippen LogP contribution in [0.3, 0.4) is 0 Å². The monoisotopic (exact) mass is 295 g/mol. The molecule has 2 nitrogen and oxygen atoms in total. The van der Waals surface area contributed by atoms with Crippen LogP contribution >= 0.6 is 0 Å². The third-order valence-electron chi connectivity index (χ3n) is 4.40. The zero-order chi connectivity index (χ0) is 15.2. The molecule has 1 aliphatic rings. The topological polar surface area (TPSA) is 12.5 Å². The molecule has 0 spiro atoms. The minimum Gasteiger partial charge on any atom is -0.367 e. The summed E-state index contributed by atoms with van der Waals surface area (Å²) >= 11 is 0. The normalized spacial score (nSPS) is 18.9. The highest BCUT2D eigenvalue weighted by atomic mass is 16.5. The fourth-order valence-electron chi connectivity index (χ4n) is 3.17. The maximum Gasteiger partial charge on any atom is 0.108 e. The Morgan fingerprint density at radius 1 is 1.00 bits per heavy atom. The summed E-state index contributed by atoms with van der Waals surface area (Å²) in [5.74, 6) is 0.832. The molecule has 2 heteroatoms. The maximum atomic E-state index is 6.27. The van der Waals surface area contributed by atoms with Gasteiger partial charge in [0.05, 0.1) is 6.61 Å². The Hall–Kier alpha value is -1.64. The van der Waals surface area contributed by atoms with Gasteiger partial charge >= 0.3 is 0 Å². The highest BCUT2D eigenvalue weighted by Gasteiger charge is 2.19. The van der Waals surface area contributed by atoms with Gasteiger partial charge in [-0.25, -0.2) is 0 Å². The van der Waals surface area contributed by atoms with Gasteiger partial charge in [0.2, 0.25) is 0 Å². The predicted octanol–water partition coefficient (Wildman–Crippen LogP) is 4.13. The third kappa shape index (κ3) is 3.96. The van der Waals surface area contributed by atoms with Crippen LogP contribution in [0.2, 0.25) is 0 Å². The van der Waals surface area contributed by atoms with Crippen LogP contribution in [0, 0.1) is 5.92 Å². The van der Waals surface area contributed by atoms with E-state index >= 15 is 0 Å². The molecule has 1 fully saturated rings. The molecule has 2 aromatic rings. The van der Waals surface area contributed by atoms with E-state index in [2.05, 4.69) is 72.5 Å². The first-order valence-corrected chi connectivity index (χ1v) is 8.27. The van der Waals surface area contributed by atoms with Gasteiger partial charge in [0, 0.05) is 13.1 Å². The molecule has 0 saturated carbocycles. The lowest BCUT2D eigenvalue weighted by Gasteiger charge is -2.21. The highest BCUT2D eigenvalue weighted by Crippen LogP contribution is 2.26. The number of ether oxygens (including phenoxy) is 1. The maximum absolute atomic E-state index is 6.27. The van der Waals surface area contributed by atoms with Crippen molar-refractivity contribution in [1.82, 2.24) is 4.90 Å². The van der Waals surface area contributed by atoms with Gasteiger partial charge in [-0.2, -0.15) is 0 Å². The summed E-state index contributed by atoms with van der Waals surface area (Å²) in [6.07, 6.45) is 1.35. The van der Waals surface area contributed by atoms with Crippen LogP contribution in [0.15, 0.2) is 60.7 Å². The molecule has 0 aliphatic carbocycles. The van der Waals surface area contributed by atoms with Gasteiger partial charge in [-0.05, 0) is 30.0 Å². The summed E-state index contributed by atoms with van der Waals surface area (Å²) in [6.45, 7) is 6.57. The molecule has 3 rings (SSSR count). The molecular formula is C20H25NO. The van der Waals surface area contributed by atoms with Crippen molar-refractivity contribution in [1.29, 1.82) is 0 Å². The highest BCUT2D eigenvalue weighted by molar-refractivity contribution is 5.29. The predicted molar refractivity (Wildman–Crippen MR) is 90.9 cm³/mol. The molecule has 1 aliphatic heterocycles. The average molecular weight is 295 g/mol. The lowest BCUT2D eigenvalue weighted by atomic mass is 10.0. The van der Waals surface area contributed by atoms with Gasteiger partial charge in [0.15, 0.2) is 0 Å². The van der Waals surface area contributed by atoms with Crippen molar-refractivity contribution in [3.63, 3.8) is 0 Å². The summed E-state index contributed by atoms with van der Waals surface area (Å²) in [7, 11) is 0. The van der Waals surface area contributed by atoms with Gasteiger partial charge in [-0.3, -0.25) is 0 Å². The second-order valence-corrected chi connectivity index (χ2v) is 6.27. The Kier molecular flexibility index (Phi) is 5.25. The van der Waals surface area contributed by atoms with Gasteiger partial charge in [0.25, 0.3) is 0 Å². The number of hydrogen-bond acceptors (Lipinski definition) is 2. The number of benzene rings is 2. The van der Waals surface area contributed by atoms with Crippen molar-refractivity contribution < 1.29 is 4.74 Å². The van der Waals surface area contributed by atoms with E-state index < -0.39 is 0 Å². The Morgan fingerprint density at radius 2 is 1.59 bits per heavy atom. The lowest BCUT2D eigenvalue weighted by molar-refractivity contribution is 0.0639. The molecule has 1 unspecified atom stereocenters. The smallest absolute Gasteiger partial charge is 0.108 e. The fourth-order valence-corrected chi connectivity index (χ4v) is 3.17. The molecular weight excluding hydrogens is 270 g/mol. The standard InChI is InChI=1S/C20H25NO/c1-17-12-13-21(16-17)14-15-22-20(18-8-4-2-5-9-18)19-10-6-3-7-11-19/h2-11,17,20H,12-16H2,1H3. The van der Waals surface area contributed by atoms with E-state index in [4.69, 9.17) is 4.74 Å². The quantitative estimate of drug-likeness (QED) is 0.794. The van der Waals surface area contributed by atoms with Crippen molar-refractivity contribution in [2.24, 2.45) is 5.92 Å². The first kappa shape index (κ1) is 15.3. The Bertz CT molecular complexity index is 515. The fraction of sp³-hybridized carbons (Fsp3) is 0.400. The SMILES string of the molecule is CC1CCN(CCOC(c2ccccc2)c2ccccc2)C1. The molecule has 116 valence electrons. The molecule has 2 aromatic carbocycles. The van der Waals surface area contributed by atoms with Gasteiger partial charge in [0.1, 0.15) is 6.10 Å². The zero-order valence-electron chi connectivity index (χ0n) is 13.3. The van der Waals surface area contributed by atoms with Crippen LogP contribution in [-0.4, -0.2) is 31.1 Å². The van der Waals surface area contributed by atoms with Crippen molar-refractivity contribution in [3.05, 3.63) is 71.8 Å².